The highest BCUT2D eigenvalue weighted by molar-refractivity contribution is 6.14. The fourth-order valence-corrected chi connectivity index (χ4v) is 2.62. The highest BCUT2D eigenvalue weighted by Crippen LogP contribution is 2.29. The average Bonchev–Trinajstić information content (AvgIpc) is 2.66. The molecule has 0 saturated heterocycles. The van der Waals surface area contributed by atoms with Crippen LogP contribution in [0.5, 0.6) is 0 Å². The van der Waals surface area contributed by atoms with E-state index in [1.165, 1.54) is 12.1 Å². The Morgan fingerprint density at radius 3 is 2.08 bits per heavy atom. The van der Waals surface area contributed by atoms with Crippen LogP contribution in [0.25, 0.3) is 0 Å². The van der Waals surface area contributed by atoms with Crippen LogP contribution in [0, 0.1) is 5.41 Å². The molecule has 0 aliphatic heterocycles. The van der Waals surface area contributed by atoms with Gasteiger partial charge in [0.2, 0.25) is 0 Å². The topological polar surface area (TPSA) is 35.9 Å². The molecule has 0 atom stereocenters. The lowest BCUT2D eigenvalue weighted by molar-refractivity contribution is -0.137. The van der Waals surface area contributed by atoms with Crippen molar-refractivity contribution in [3.63, 3.8) is 0 Å². The van der Waals surface area contributed by atoms with E-state index in [1.807, 2.05) is 54.6 Å². The molecule has 5 heteroatoms. The van der Waals surface area contributed by atoms with E-state index in [9.17, 15) is 13.2 Å². The smallest absolute Gasteiger partial charge is 0.380 e. The molecule has 0 amide bonds. The Hall–Kier alpha value is -3.08. The predicted octanol–water partition coefficient (Wildman–Crippen LogP) is 5.73. The zero-order valence-electron chi connectivity index (χ0n) is 13.8. The first-order valence-electron chi connectivity index (χ1n) is 8.08. The quantitative estimate of drug-likeness (QED) is 0.564. The van der Waals surface area contributed by atoms with Crippen molar-refractivity contribution >= 4 is 11.4 Å². The lowest BCUT2D eigenvalue weighted by atomic mass is 10.0. The van der Waals surface area contributed by atoms with E-state index < -0.39 is 11.7 Å². The molecule has 0 aromatic heterocycles. The summed E-state index contributed by atoms with van der Waals surface area (Å²) in [7, 11) is 0. The second kappa shape index (κ2) is 7.44. The van der Waals surface area contributed by atoms with Gasteiger partial charge in [-0.05, 0) is 23.8 Å². The van der Waals surface area contributed by atoms with Crippen molar-refractivity contribution in [2.24, 2.45) is 0 Å². The molecule has 0 bridgehead atoms. The van der Waals surface area contributed by atoms with Crippen molar-refractivity contribution in [3.05, 3.63) is 101 Å². The monoisotopic (exact) mass is 354 g/mol. The average molecular weight is 354 g/mol. The summed E-state index contributed by atoms with van der Waals surface area (Å²) in [4.78, 5) is 0. The van der Waals surface area contributed by atoms with Gasteiger partial charge in [0.1, 0.15) is 0 Å². The van der Waals surface area contributed by atoms with Gasteiger partial charge in [-0.15, -0.1) is 0 Å². The zero-order valence-corrected chi connectivity index (χ0v) is 13.8. The molecule has 3 aromatic carbocycles. The first kappa shape index (κ1) is 17.7. The third-order valence-electron chi connectivity index (χ3n) is 4.02. The van der Waals surface area contributed by atoms with Crippen molar-refractivity contribution in [1.29, 1.82) is 5.41 Å². The number of para-hydroxylation sites is 1. The minimum absolute atomic E-state index is 0.372. The molecule has 2 N–H and O–H groups in total. The van der Waals surface area contributed by atoms with Crippen LogP contribution in [0.15, 0.2) is 78.9 Å². The number of halogens is 3. The van der Waals surface area contributed by atoms with Gasteiger partial charge < -0.3 is 5.32 Å². The van der Waals surface area contributed by atoms with Gasteiger partial charge >= 0.3 is 6.18 Å². The van der Waals surface area contributed by atoms with Gasteiger partial charge in [0.25, 0.3) is 0 Å². The molecule has 0 radical (unpaired) electrons. The standard InChI is InChI=1S/C21H17F3N2/c22-21(23,24)17-12-10-15(11-13-17)14-26-19-9-5-4-8-18(19)20(25)16-6-2-1-3-7-16/h1-13,25-26H,14H2. The van der Waals surface area contributed by atoms with E-state index in [1.54, 1.807) is 0 Å². The zero-order chi connectivity index (χ0) is 18.6. The molecule has 0 spiro atoms. The third kappa shape index (κ3) is 4.11. The van der Waals surface area contributed by atoms with E-state index in [-0.39, 0.29) is 0 Å². The Morgan fingerprint density at radius 2 is 1.42 bits per heavy atom. The van der Waals surface area contributed by atoms with Gasteiger partial charge in [-0.3, -0.25) is 5.41 Å². The summed E-state index contributed by atoms with van der Waals surface area (Å²) < 4.78 is 37.9. The second-order valence-electron chi connectivity index (χ2n) is 5.83. The molecule has 3 aromatic rings. The summed E-state index contributed by atoms with van der Waals surface area (Å²) in [6.07, 6.45) is -4.33. The maximum absolute atomic E-state index is 12.6. The summed E-state index contributed by atoms with van der Waals surface area (Å²) in [6.45, 7) is 0.372. The van der Waals surface area contributed by atoms with Crippen LogP contribution in [-0.4, -0.2) is 5.71 Å². The van der Waals surface area contributed by atoms with E-state index in [4.69, 9.17) is 5.41 Å². The number of alkyl halides is 3. The molecule has 2 nitrogen and oxygen atoms in total. The Labute approximate surface area is 149 Å². The van der Waals surface area contributed by atoms with Gasteiger partial charge in [0, 0.05) is 23.4 Å². The second-order valence-corrected chi connectivity index (χ2v) is 5.83. The number of hydrogen-bond acceptors (Lipinski definition) is 2. The van der Waals surface area contributed by atoms with Crippen molar-refractivity contribution < 1.29 is 13.2 Å². The maximum atomic E-state index is 12.6. The van der Waals surface area contributed by atoms with Crippen molar-refractivity contribution in [2.45, 2.75) is 12.7 Å². The van der Waals surface area contributed by atoms with Crippen LogP contribution in [0.4, 0.5) is 18.9 Å². The molecule has 0 aliphatic rings. The Morgan fingerprint density at radius 1 is 0.808 bits per heavy atom. The van der Waals surface area contributed by atoms with Gasteiger partial charge in [-0.25, -0.2) is 0 Å². The maximum Gasteiger partial charge on any atom is 0.416 e. The van der Waals surface area contributed by atoms with E-state index in [2.05, 4.69) is 5.32 Å². The first-order chi connectivity index (χ1) is 12.4. The van der Waals surface area contributed by atoms with E-state index >= 15 is 0 Å². The summed E-state index contributed by atoms with van der Waals surface area (Å²) in [6, 6.07) is 21.9. The molecular formula is C21H17F3N2. The van der Waals surface area contributed by atoms with Crippen LogP contribution in [0.1, 0.15) is 22.3 Å². The molecule has 0 saturated carbocycles. The summed E-state index contributed by atoms with van der Waals surface area (Å²) in [5, 5.41) is 11.6. The van der Waals surface area contributed by atoms with Gasteiger partial charge in [0.05, 0.1) is 11.3 Å². The van der Waals surface area contributed by atoms with Gasteiger partial charge in [-0.2, -0.15) is 13.2 Å². The van der Waals surface area contributed by atoms with Crippen molar-refractivity contribution in [2.75, 3.05) is 5.32 Å². The Bertz CT molecular complexity index is 885. The molecule has 3 rings (SSSR count). The Balaban J connectivity index is 1.76. The van der Waals surface area contributed by atoms with Crippen LogP contribution in [-0.2, 0) is 12.7 Å². The SMILES string of the molecule is N=C(c1ccccc1)c1ccccc1NCc1ccc(C(F)(F)F)cc1. The van der Waals surface area contributed by atoms with Gasteiger partial charge in [0.15, 0.2) is 0 Å². The summed E-state index contributed by atoms with van der Waals surface area (Å²) in [5.74, 6) is 0. The number of rotatable bonds is 5. The minimum atomic E-state index is -4.33. The van der Waals surface area contributed by atoms with Crippen molar-refractivity contribution in [1.82, 2.24) is 0 Å². The lowest BCUT2D eigenvalue weighted by Crippen LogP contribution is -2.08. The number of anilines is 1. The highest BCUT2D eigenvalue weighted by Gasteiger charge is 2.29. The van der Waals surface area contributed by atoms with E-state index in [0.717, 1.165) is 34.5 Å². The fraction of sp³-hybridized carbons (Fsp3) is 0.0952. The van der Waals surface area contributed by atoms with Crippen LogP contribution < -0.4 is 5.32 Å². The molecule has 0 unspecified atom stereocenters. The molecule has 0 heterocycles. The summed E-state index contributed by atoms with van der Waals surface area (Å²) in [5.41, 5.74) is 2.77. The molecule has 26 heavy (non-hydrogen) atoms. The third-order valence-corrected chi connectivity index (χ3v) is 4.02. The normalized spacial score (nSPS) is 11.2. The molecule has 132 valence electrons. The number of benzene rings is 3. The summed E-state index contributed by atoms with van der Waals surface area (Å²) >= 11 is 0. The van der Waals surface area contributed by atoms with Crippen LogP contribution >= 0.6 is 0 Å². The van der Waals surface area contributed by atoms with Crippen molar-refractivity contribution in [3.8, 4) is 0 Å². The van der Waals surface area contributed by atoms with E-state index in [0.29, 0.717) is 12.3 Å². The minimum Gasteiger partial charge on any atom is -0.380 e. The van der Waals surface area contributed by atoms with Crippen LogP contribution in [0.2, 0.25) is 0 Å². The molecular weight excluding hydrogens is 337 g/mol. The largest absolute Gasteiger partial charge is 0.416 e. The lowest BCUT2D eigenvalue weighted by Gasteiger charge is -2.14. The predicted molar refractivity (Wildman–Crippen MR) is 97.6 cm³/mol. The number of hydrogen-bond donors (Lipinski definition) is 2. The fourth-order valence-electron chi connectivity index (χ4n) is 2.62. The first-order valence-corrected chi connectivity index (χ1v) is 8.08. The molecule has 0 aliphatic carbocycles. The molecule has 0 fully saturated rings. The van der Waals surface area contributed by atoms with Crippen LogP contribution in [0.3, 0.4) is 0 Å². The number of nitrogens with one attached hydrogen (secondary N) is 2. The van der Waals surface area contributed by atoms with Gasteiger partial charge in [-0.1, -0.05) is 60.7 Å². The Kier molecular flexibility index (Phi) is 5.07. The highest BCUT2D eigenvalue weighted by atomic mass is 19.4.